The molecule has 1 heterocycles. The van der Waals surface area contributed by atoms with Crippen molar-refractivity contribution in [2.24, 2.45) is 0 Å². The molecule has 1 unspecified atom stereocenters. The molecule has 0 aromatic carbocycles. The Balaban J connectivity index is 2.73. The minimum atomic E-state index is -4.79. The maximum Gasteiger partial charge on any atom is 0.413 e. The SMILES string of the molecule is C=C(C=CC(=C(C)C(F)(F)F)S(=O)[O-])N1CCN(CC(F)(F)F)CC1. The van der Waals surface area contributed by atoms with Crippen LogP contribution in [0.25, 0.3) is 0 Å². The lowest BCUT2D eigenvalue weighted by molar-refractivity contribution is -0.148. The molecule has 144 valence electrons. The van der Waals surface area contributed by atoms with Crippen LogP contribution in [-0.2, 0) is 11.1 Å². The summed E-state index contributed by atoms with van der Waals surface area (Å²) < 4.78 is 96.8. The van der Waals surface area contributed by atoms with Gasteiger partial charge in [0.15, 0.2) is 0 Å². The molecule has 1 saturated heterocycles. The summed E-state index contributed by atoms with van der Waals surface area (Å²) in [5.74, 6) is 0. The summed E-state index contributed by atoms with van der Waals surface area (Å²) in [5, 5.41) is 0. The molecule has 0 bridgehead atoms. The molecule has 1 atom stereocenters. The zero-order valence-corrected chi connectivity index (χ0v) is 14.1. The second kappa shape index (κ2) is 8.37. The van der Waals surface area contributed by atoms with E-state index >= 15 is 0 Å². The first-order valence-electron chi connectivity index (χ1n) is 7.09. The van der Waals surface area contributed by atoms with Gasteiger partial charge in [0.1, 0.15) is 0 Å². The van der Waals surface area contributed by atoms with E-state index in [2.05, 4.69) is 6.58 Å². The fourth-order valence-corrected chi connectivity index (χ4v) is 2.71. The fraction of sp³-hybridized carbons (Fsp3) is 0.571. The third-order valence-electron chi connectivity index (χ3n) is 3.58. The van der Waals surface area contributed by atoms with Crippen LogP contribution >= 0.6 is 0 Å². The summed E-state index contributed by atoms with van der Waals surface area (Å²) in [4.78, 5) is 1.88. The molecule has 0 aliphatic carbocycles. The van der Waals surface area contributed by atoms with Crippen LogP contribution in [0.5, 0.6) is 0 Å². The van der Waals surface area contributed by atoms with Crippen LogP contribution < -0.4 is 0 Å². The van der Waals surface area contributed by atoms with E-state index in [-0.39, 0.29) is 31.9 Å². The lowest BCUT2D eigenvalue weighted by atomic mass is 10.2. The summed E-state index contributed by atoms with van der Waals surface area (Å²) in [7, 11) is 0. The normalized spacial score (nSPS) is 19.9. The molecule has 1 fully saturated rings. The molecule has 0 saturated carbocycles. The second-order valence-electron chi connectivity index (χ2n) is 5.42. The maximum absolute atomic E-state index is 12.6. The Hall–Kier alpha value is -1.33. The van der Waals surface area contributed by atoms with Gasteiger partial charge in [-0.2, -0.15) is 26.3 Å². The van der Waals surface area contributed by atoms with Gasteiger partial charge >= 0.3 is 12.4 Å². The Morgan fingerprint density at radius 2 is 1.64 bits per heavy atom. The lowest BCUT2D eigenvalue weighted by Gasteiger charge is -2.36. The number of alkyl halides is 6. The van der Waals surface area contributed by atoms with E-state index in [0.717, 1.165) is 12.2 Å². The van der Waals surface area contributed by atoms with Gasteiger partial charge in [0.05, 0.1) is 6.54 Å². The van der Waals surface area contributed by atoms with Crippen LogP contribution in [0, 0.1) is 0 Å². The molecule has 1 aliphatic heterocycles. The van der Waals surface area contributed by atoms with E-state index in [9.17, 15) is 35.1 Å². The maximum atomic E-state index is 12.6. The number of allylic oxidation sites excluding steroid dienone is 3. The highest BCUT2D eigenvalue weighted by Crippen LogP contribution is 2.29. The molecule has 1 rings (SSSR count). The summed E-state index contributed by atoms with van der Waals surface area (Å²) in [5.41, 5.74) is -1.04. The summed E-state index contributed by atoms with van der Waals surface area (Å²) in [6, 6.07) is 0. The summed E-state index contributed by atoms with van der Waals surface area (Å²) >= 11 is -3.09. The van der Waals surface area contributed by atoms with E-state index in [0.29, 0.717) is 6.92 Å². The average Bonchev–Trinajstić information content (AvgIpc) is 2.44. The Kier molecular flexibility index (Phi) is 7.27. The van der Waals surface area contributed by atoms with Gasteiger partial charge in [0, 0.05) is 42.4 Å². The first-order valence-corrected chi connectivity index (χ1v) is 8.17. The number of hydrogen-bond acceptors (Lipinski definition) is 4. The van der Waals surface area contributed by atoms with Gasteiger partial charge < -0.3 is 9.45 Å². The monoisotopic (exact) mass is 391 g/mol. The van der Waals surface area contributed by atoms with Crippen LogP contribution in [-0.4, -0.2) is 63.6 Å². The molecule has 0 aromatic heterocycles. The predicted octanol–water partition coefficient (Wildman–Crippen LogP) is 2.95. The van der Waals surface area contributed by atoms with Gasteiger partial charge in [0.25, 0.3) is 0 Å². The largest absolute Gasteiger partial charge is 0.768 e. The van der Waals surface area contributed by atoms with Gasteiger partial charge in [0.2, 0.25) is 0 Å². The Morgan fingerprint density at radius 1 is 1.12 bits per heavy atom. The zero-order chi connectivity index (χ0) is 19.4. The van der Waals surface area contributed by atoms with Gasteiger partial charge in [-0.1, -0.05) is 6.58 Å². The molecular weight excluding hydrogens is 374 g/mol. The van der Waals surface area contributed by atoms with E-state index in [1.807, 2.05) is 0 Å². The van der Waals surface area contributed by atoms with Crippen molar-refractivity contribution in [3.8, 4) is 0 Å². The molecule has 25 heavy (non-hydrogen) atoms. The highest BCUT2D eigenvalue weighted by Gasteiger charge is 2.33. The Labute approximate surface area is 143 Å². The predicted molar refractivity (Wildman–Crippen MR) is 80.0 cm³/mol. The van der Waals surface area contributed by atoms with E-state index in [1.165, 1.54) is 4.90 Å². The zero-order valence-electron chi connectivity index (χ0n) is 13.3. The molecule has 4 nitrogen and oxygen atoms in total. The standard InChI is InChI=1S/C14H18F6N2O2S/c1-10(3-4-12(25(23)24)11(2)14(18,19)20)22-7-5-21(6-8-22)9-13(15,16)17/h3-4H,1,5-9H2,2H3,(H,23,24)/p-1. The van der Waals surface area contributed by atoms with Crippen molar-refractivity contribution in [1.82, 2.24) is 9.80 Å². The molecular formula is C14H17F6N2O2S-. The van der Waals surface area contributed by atoms with Crippen molar-refractivity contribution in [1.29, 1.82) is 0 Å². The first kappa shape index (κ1) is 21.7. The minimum absolute atomic E-state index is 0.115. The third-order valence-corrected chi connectivity index (χ3v) is 4.38. The molecule has 0 radical (unpaired) electrons. The highest BCUT2D eigenvalue weighted by atomic mass is 32.2. The quantitative estimate of drug-likeness (QED) is 0.411. The van der Waals surface area contributed by atoms with E-state index < -0.39 is 40.5 Å². The van der Waals surface area contributed by atoms with Crippen LogP contribution in [0.1, 0.15) is 6.92 Å². The van der Waals surface area contributed by atoms with Crippen molar-refractivity contribution in [2.75, 3.05) is 32.7 Å². The Bertz CT molecular complexity index is 575. The van der Waals surface area contributed by atoms with Gasteiger partial charge in [-0.15, -0.1) is 0 Å². The number of hydrogen-bond donors (Lipinski definition) is 0. The summed E-state index contributed by atoms with van der Waals surface area (Å²) in [6.07, 6.45) is -7.19. The van der Waals surface area contributed by atoms with Gasteiger partial charge in [-0.05, 0) is 30.2 Å². The molecule has 0 N–H and O–H groups in total. The topological polar surface area (TPSA) is 46.6 Å². The van der Waals surface area contributed by atoms with Gasteiger partial charge in [-0.3, -0.25) is 9.11 Å². The van der Waals surface area contributed by atoms with Crippen molar-refractivity contribution >= 4 is 11.1 Å². The van der Waals surface area contributed by atoms with Crippen LogP contribution in [0.4, 0.5) is 26.3 Å². The van der Waals surface area contributed by atoms with Crippen molar-refractivity contribution in [2.45, 2.75) is 19.3 Å². The summed E-state index contributed by atoms with van der Waals surface area (Å²) in [6.45, 7) is 3.88. The second-order valence-corrected chi connectivity index (χ2v) is 6.33. The van der Waals surface area contributed by atoms with Crippen molar-refractivity contribution < 1.29 is 35.1 Å². The van der Waals surface area contributed by atoms with Gasteiger partial charge in [-0.25, -0.2) is 0 Å². The molecule has 0 aromatic rings. The van der Waals surface area contributed by atoms with Crippen molar-refractivity contribution in [3.05, 3.63) is 34.9 Å². The molecule has 0 amide bonds. The fourth-order valence-electron chi connectivity index (χ4n) is 2.17. The minimum Gasteiger partial charge on any atom is -0.768 e. The molecule has 1 aliphatic rings. The first-order chi connectivity index (χ1) is 11.3. The molecule has 11 heteroatoms. The Morgan fingerprint density at radius 3 is 2.04 bits per heavy atom. The van der Waals surface area contributed by atoms with Crippen LogP contribution in [0.3, 0.4) is 0 Å². The smallest absolute Gasteiger partial charge is 0.413 e. The molecule has 0 spiro atoms. The third kappa shape index (κ3) is 7.20. The highest BCUT2D eigenvalue weighted by molar-refractivity contribution is 7.83. The van der Waals surface area contributed by atoms with Crippen LogP contribution in [0.15, 0.2) is 34.9 Å². The van der Waals surface area contributed by atoms with E-state index in [4.69, 9.17) is 0 Å². The number of halogens is 6. The van der Waals surface area contributed by atoms with Crippen LogP contribution in [0.2, 0.25) is 0 Å². The van der Waals surface area contributed by atoms with E-state index in [1.54, 1.807) is 4.90 Å². The number of nitrogens with zero attached hydrogens (tertiary/aromatic N) is 2. The average molecular weight is 391 g/mol. The number of piperazine rings is 1. The number of rotatable bonds is 5. The van der Waals surface area contributed by atoms with Crippen molar-refractivity contribution in [3.63, 3.8) is 0 Å². The lowest BCUT2D eigenvalue weighted by Crippen LogP contribution is -2.48.